The van der Waals surface area contributed by atoms with Crippen molar-refractivity contribution in [1.82, 2.24) is 10.2 Å². The third-order valence-electron chi connectivity index (χ3n) is 3.45. The molecule has 1 fully saturated rings. The van der Waals surface area contributed by atoms with Crippen molar-refractivity contribution in [3.8, 4) is 0 Å². The molecular weight excluding hydrogens is 230 g/mol. The van der Waals surface area contributed by atoms with E-state index in [1.165, 1.54) is 56.9 Å². The molecule has 0 aromatic rings. The Labute approximate surface area is 109 Å². The maximum absolute atomic E-state index is 4.56. The Morgan fingerprint density at radius 2 is 2.24 bits per heavy atom. The molecule has 0 aliphatic carbocycles. The summed E-state index contributed by atoms with van der Waals surface area (Å²) in [6.07, 6.45) is 6.62. The quantitative estimate of drug-likeness (QED) is 0.738. The summed E-state index contributed by atoms with van der Waals surface area (Å²) in [4.78, 5) is 7.13. The first-order valence-electron chi connectivity index (χ1n) is 7.06. The topological polar surface area (TPSA) is 27.6 Å². The van der Waals surface area contributed by atoms with Gasteiger partial charge in [0.15, 0.2) is 5.17 Å². The standard InChI is InChI=1S/C13H25N3S/c1-2-6-12-11-15-13(17-12)14-7-5-10-16-8-3-4-9-16/h12H,2-11H2,1H3,(H,14,15). The second-order valence-corrected chi connectivity index (χ2v) is 6.29. The lowest BCUT2D eigenvalue weighted by Gasteiger charge is -2.14. The molecule has 0 aromatic carbocycles. The number of nitrogens with one attached hydrogen (secondary N) is 1. The molecule has 0 bridgehead atoms. The molecule has 0 amide bonds. The Morgan fingerprint density at radius 3 is 3.00 bits per heavy atom. The lowest BCUT2D eigenvalue weighted by molar-refractivity contribution is 0.334. The number of hydrogen-bond acceptors (Lipinski definition) is 4. The first-order valence-corrected chi connectivity index (χ1v) is 7.94. The molecule has 0 radical (unpaired) electrons. The SMILES string of the molecule is CCCC1CN=C(NCCCN2CCCC2)S1. The second-order valence-electron chi connectivity index (χ2n) is 5.00. The average molecular weight is 255 g/mol. The predicted octanol–water partition coefficient (Wildman–Crippen LogP) is 2.33. The summed E-state index contributed by atoms with van der Waals surface area (Å²) >= 11 is 1.94. The number of thioether (sulfide) groups is 1. The Kier molecular flexibility index (Phi) is 5.65. The molecule has 0 spiro atoms. The molecule has 0 aromatic heterocycles. The van der Waals surface area contributed by atoms with Gasteiger partial charge in [-0.1, -0.05) is 25.1 Å². The highest BCUT2D eigenvalue weighted by atomic mass is 32.2. The fourth-order valence-corrected chi connectivity index (χ4v) is 3.64. The van der Waals surface area contributed by atoms with Gasteiger partial charge in [-0.15, -0.1) is 0 Å². The summed E-state index contributed by atoms with van der Waals surface area (Å²) in [5, 5.41) is 5.40. The van der Waals surface area contributed by atoms with E-state index in [0.717, 1.165) is 18.3 Å². The third kappa shape index (κ3) is 4.51. The minimum Gasteiger partial charge on any atom is -0.365 e. The largest absolute Gasteiger partial charge is 0.365 e. The van der Waals surface area contributed by atoms with Crippen LogP contribution in [0, 0.1) is 0 Å². The van der Waals surface area contributed by atoms with Crippen LogP contribution in [0.25, 0.3) is 0 Å². The fraction of sp³-hybridized carbons (Fsp3) is 0.923. The number of amidine groups is 1. The zero-order valence-corrected chi connectivity index (χ0v) is 11.8. The van der Waals surface area contributed by atoms with Crippen LogP contribution in [0.2, 0.25) is 0 Å². The Bertz CT molecular complexity index is 249. The van der Waals surface area contributed by atoms with E-state index < -0.39 is 0 Å². The number of nitrogens with zero attached hydrogens (tertiary/aromatic N) is 2. The van der Waals surface area contributed by atoms with E-state index in [9.17, 15) is 0 Å². The van der Waals surface area contributed by atoms with Gasteiger partial charge in [0.05, 0.1) is 6.54 Å². The van der Waals surface area contributed by atoms with Crippen molar-refractivity contribution < 1.29 is 0 Å². The summed E-state index contributed by atoms with van der Waals surface area (Å²) in [6.45, 7) is 8.24. The lowest BCUT2D eigenvalue weighted by Crippen LogP contribution is -2.26. The van der Waals surface area contributed by atoms with Gasteiger partial charge in [0.2, 0.25) is 0 Å². The van der Waals surface area contributed by atoms with E-state index in [0.29, 0.717) is 0 Å². The van der Waals surface area contributed by atoms with E-state index in [-0.39, 0.29) is 0 Å². The summed E-state index contributed by atoms with van der Waals surface area (Å²) in [6, 6.07) is 0. The number of likely N-dealkylation sites (tertiary alicyclic amines) is 1. The molecule has 4 heteroatoms. The summed E-state index contributed by atoms with van der Waals surface area (Å²) in [5.74, 6) is 0. The van der Waals surface area contributed by atoms with Crippen molar-refractivity contribution in [3.05, 3.63) is 0 Å². The number of aliphatic imine (C=N–C) groups is 1. The molecule has 1 N–H and O–H groups in total. The van der Waals surface area contributed by atoms with E-state index in [2.05, 4.69) is 22.1 Å². The predicted molar refractivity (Wildman–Crippen MR) is 76.9 cm³/mol. The van der Waals surface area contributed by atoms with Crippen LogP contribution in [-0.2, 0) is 0 Å². The normalized spacial score (nSPS) is 25.2. The van der Waals surface area contributed by atoms with Gasteiger partial charge in [-0.3, -0.25) is 4.99 Å². The smallest absolute Gasteiger partial charge is 0.156 e. The molecule has 2 aliphatic rings. The van der Waals surface area contributed by atoms with Crippen molar-refractivity contribution in [1.29, 1.82) is 0 Å². The van der Waals surface area contributed by atoms with Gasteiger partial charge in [-0.05, 0) is 45.3 Å². The molecule has 2 rings (SSSR count). The molecule has 0 saturated carbocycles. The Balaban J connectivity index is 1.51. The zero-order valence-electron chi connectivity index (χ0n) is 11.0. The van der Waals surface area contributed by atoms with E-state index in [1.807, 2.05) is 11.8 Å². The van der Waals surface area contributed by atoms with Gasteiger partial charge in [0.1, 0.15) is 0 Å². The van der Waals surface area contributed by atoms with Crippen LogP contribution in [0.15, 0.2) is 4.99 Å². The highest BCUT2D eigenvalue weighted by molar-refractivity contribution is 8.14. The fourth-order valence-electron chi connectivity index (χ4n) is 2.49. The molecular formula is C13H25N3S. The first kappa shape index (κ1) is 13.2. The van der Waals surface area contributed by atoms with Crippen LogP contribution in [0.1, 0.15) is 39.0 Å². The first-order chi connectivity index (χ1) is 8.38. The zero-order chi connectivity index (χ0) is 11.9. The molecule has 17 heavy (non-hydrogen) atoms. The van der Waals surface area contributed by atoms with Gasteiger partial charge in [0, 0.05) is 11.8 Å². The Morgan fingerprint density at radius 1 is 1.41 bits per heavy atom. The van der Waals surface area contributed by atoms with Crippen LogP contribution in [0.4, 0.5) is 0 Å². The number of hydrogen-bond donors (Lipinski definition) is 1. The second kappa shape index (κ2) is 7.27. The van der Waals surface area contributed by atoms with Gasteiger partial charge in [0.25, 0.3) is 0 Å². The van der Waals surface area contributed by atoms with Crippen molar-refractivity contribution in [2.24, 2.45) is 4.99 Å². The van der Waals surface area contributed by atoms with Crippen LogP contribution >= 0.6 is 11.8 Å². The van der Waals surface area contributed by atoms with Crippen LogP contribution in [-0.4, -0.2) is 48.0 Å². The lowest BCUT2D eigenvalue weighted by atomic mass is 10.2. The average Bonchev–Trinajstić information content (AvgIpc) is 2.96. The van der Waals surface area contributed by atoms with E-state index in [4.69, 9.17) is 0 Å². The van der Waals surface area contributed by atoms with Crippen LogP contribution < -0.4 is 5.32 Å². The van der Waals surface area contributed by atoms with Crippen molar-refractivity contribution in [2.45, 2.75) is 44.3 Å². The van der Waals surface area contributed by atoms with E-state index in [1.54, 1.807) is 0 Å². The summed E-state index contributed by atoms with van der Waals surface area (Å²) in [7, 11) is 0. The molecule has 2 heterocycles. The van der Waals surface area contributed by atoms with Gasteiger partial charge < -0.3 is 10.2 Å². The summed E-state index contributed by atoms with van der Waals surface area (Å²) < 4.78 is 0. The van der Waals surface area contributed by atoms with Crippen LogP contribution in [0.3, 0.4) is 0 Å². The van der Waals surface area contributed by atoms with Crippen molar-refractivity contribution in [3.63, 3.8) is 0 Å². The number of rotatable bonds is 6. The van der Waals surface area contributed by atoms with Crippen LogP contribution in [0.5, 0.6) is 0 Å². The molecule has 98 valence electrons. The third-order valence-corrected chi connectivity index (χ3v) is 4.67. The van der Waals surface area contributed by atoms with Gasteiger partial charge in [-0.2, -0.15) is 0 Å². The highest BCUT2D eigenvalue weighted by Crippen LogP contribution is 2.23. The minimum absolute atomic E-state index is 0.737. The molecule has 2 aliphatic heterocycles. The van der Waals surface area contributed by atoms with Crippen molar-refractivity contribution in [2.75, 3.05) is 32.7 Å². The molecule has 1 atom stereocenters. The minimum atomic E-state index is 0.737. The summed E-state index contributed by atoms with van der Waals surface area (Å²) in [5.41, 5.74) is 0. The Hall–Kier alpha value is -0.220. The van der Waals surface area contributed by atoms with Gasteiger partial charge >= 0.3 is 0 Å². The molecule has 3 nitrogen and oxygen atoms in total. The van der Waals surface area contributed by atoms with Crippen molar-refractivity contribution >= 4 is 16.9 Å². The maximum atomic E-state index is 4.56. The van der Waals surface area contributed by atoms with E-state index >= 15 is 0 Å². The molecule has 1 saturated heterocycles. The maximum Gasteiger partial charge on any atom is 0.156 e. The van der Waals surface area contributed by atoms with Gasteiger partial charge in [-0.25, -0.2) is 0 Å². The monoisotopic (exact) mass is 255 g/mol. The highest BCUT2D eigenvalue weighted by Gasteiger charge is 2.18. The molecule has 1 unspecified atom stereocenters.